The Kier molecular flexibility index (Phi) is 4.13. The van der Waals surface area contributed by atoms with E-state index in [0.29, 0.717) is 18.3 Å². The predicted molar refractivity (Wildman–Crippen MR) is 91.7 cm³/mol. The van der Waals surface area contributed by atoms with Crippen molar-refractivity contribution in [1.29, 1.82) is 0 Å². The summed E-state index contributed by atoms with van der Waals surface area (Å²) < 4.78 is 21.3. The van der Waals surface area contributed by atoms with E-state index >= 15 is 0 Å². The molecule has 0 radical (unpaired) electrons. The Hall–Kier alpha value is -2.47. The summed E-state index contributed by atoms with van der Waals surface area (Å²) in [5, 5.41) is 0.128. The van der Waals surface area contributed by atoms with Crippen molar-refractivity contribution < 1.29 is 13.4 Å². The van der Waals surface area contributed by atoms with E-state index in [0.717, 1.165) is 36.5 Å². The third-order valence-electron chi connectivity index (χ3n) is 4.34. The van der Waals surface area contributed by atoms with Crippen LogP contribution in [0.3, 0.4) is 0 Å². The minimum absolute atomic E-state index is 0.128. The lowest BCUT2D eigenvalue weighted by Gasteiger charge is -2.22. The Morgan fingerprint density at radius 3 is 3.04 bits per heavy atom. The maximum atomic E-state index is 13.4. The summed E-state index contributed by atoms with van der Waals surface area (Å²) in [6, 6.07) is 6.65. The van der Waals surface area contributed by atoms with Crippen molar-refractivity contribution in [3.8, 4) is 11.7 Å². The number of aromatic nitrogens is 3. The van der Waals surface area contributed by atoms with Crippen LogP contribution in [-0.2, 0) is 20.0 Å². The van der Waals surface area contributed by atoms with Gasteiger partial charge < -0.3 is 9.32 Å². The van der Waals surface area contributed by atoms with E-state index in [1.165, 1.54) is 6.07 Å². The standard InChI is InChI=1S/C18H17ClFN4O/c1-23-8-3-7-21-17(23)18-22-15-11-24(9-2-4-16(15)25-18)12-5-6-14(20)13(19)10-12/h3,5-8,10H,2,4,9,11H2,1H3/q+1. The highest BCUT2D eigenvalue weighted by Gasteiger charge is 2.25. The van der Waals surface area contributed by atoms with Crippen LogP contribution in [0.1, 0.15) is 17.9 Å². The van der Waals surface area contributed by atoms with Gasteiger partial charge in [-0.15, -0.1) is 0 Å². The topological polar surface area (TPSA) is 46.0 Å². The molecule has 0 bridgehead atoms. The lowest BCUT2D eigenvalue weighted by Crippen LogP contribution is -2.31. The SMILES string of the molecule is C[n+]1cccnc1-c1nc2c(o1)CCCN(c1ccc(F)c(Cl)c1)C2. The zero-order chi connectivity index (χ0) is 17.4. The van der Waals surface area contributed by atoms with Crippen LogP contribution >= 0.6 is 11.6 Å². The molecule has 1 aromatic carbocycles. The molecule has 3 aromatic rings. The quantitative estimate of drug-likeness (QED) is 0.659. The molecule has 2 aromatic heterocycles. The normalized spacial score (nSPS) is 14.3. The minimum atomic E-state index is -0.410. The van der Waals surface area contributed by atoms with Crippen molar-refractivity contribution in [3.05, 3.63) is 59.0 Å². The van der Waals surface area contributed by atoms with Crippen LogP contribution in [-0.4, -0.2) is 16.5 Å². The summed E-state index contributed by atoms with van der Waals surface area (Å²) in [4.78, 5) is 11.1. The summed E-state index contributed by atoms with van der Waals surface area (Å²) in [7, 11) is 1.91. The van der Waals surface area contributed by atoms with Crippen molar-refractivity contribution >= 4 is 17.3 Å². The zero-order valence-corrected chi connectivity index (χ0v) is 14.5. The van der Waals surface area contributed by atoms with E-state index in [2.05, 4.69) is 14.9 Å². The van der Waals surface area contributed by atoms with E-state index in [1.807, 2.05) is 23.9 Å². The first-order chi connectivity index (χ1) is 12.1. The number of benzene rings is 1. The first-order valence-corrected chi connectivity index (χ1v) is 8.49. The molecule has 0 saturated carbocycles. The summed E-state index contributed by atoms with van der Waals surface area (Å²) in [6.45, 7) is 1.43. The van der Waals surface area contributed by atoms with Gasteiger partial charge in [-0.25, -0.2) is 13.9 Å². The lowest BCUT2D eigenvalue weighted by molar-refractivity contribution is -0.663. The average molecular weight is 360 g/mol. The second-order valence-corrected chi connectivity index (χ2v) is 6.47. The zero-order valence-electron chi connectivity index (χ0n) is 13.7. The molecule has 4 rings (SSSR count). The molecular formula is C18H17ClFN4O+. The number of anilines is 1. The molecule has 128 valence electrons. The predicted octanol–water partition coefficient (Wildman–Crippen LogP) is 3.31. The fraction of sp³-hybridized carbons (Fsp3) is 0.278. The average Bonchev–Trinajstić information content (AvgIpc) is 2.89. The lowest BCUT2D eigenvalue weighted by atomic mass is 10.2. The van der Waals surface area contributed by atoms with Gasteiger partial charge in [-0.2, -0.15) is 0 Å². The molecule has 5 nitrogen and oxygen atoms in total. The Balaban J connectivity index is 1.66. The minimum Gasteiger partial charge on any atom is -0.435 e. The number of aryl methyl sites for hydroxylation is 2. The number of oxazole rings is 1. The van der Waals surface area contributed by atoms with Crippen LogP contribution in [0.15, 0.2) is 41.1 Å². The molecule has 0 unspecified atom stereocenters. The van der Waals surface area contributed by atoms with Gasteiger partial charge in [0.05, 0.1) is 24.8 Å². The van der Waals surface area contributed by atoms with Gasteiger partial charge in [0.1, 0.15) is 23.5 Å². The monoisotopic (exact) mass is 359 g/mol. The van der Waals surface area contributed by atoms with Crippen LogP contribution in [0.2, 0.25) is 5.02 Å². The summed E-state index contributed by atoms with van der Waals surface area (Å²) >= 11 is 5.93. The van der Waals surface area contributed by atoms with E-state index < -0.39 is 5.82 Å². The molecule has 25 heavy (non-hydrogen) atoms. The van der Waals surface area contributed by atoms with Gasteiger partial charge in [-0.05, 0) is 29.6 Å². The van der Waals surface area contributed by atoms with Gasteiger partial charge in [-0.3, -0.25) is 0 Å². The van der Waals surface area contributed by atoms with Crippen LogP contribution in [0.25, 0.3) is 11.7 Å². The molecule has 1 aliphatic rings. The van der Waals surface area contributed by atoms with Crippen LogP contribution in [0.4, 0.5) is 10.1 Å². The molecule has 0 atom stereocenters. The fourth-order valence-corrected chi connectivity index (χ4v) is 3.21. The highest BCUT2D eigenvalue weighted by molar-refractivity contribution is 6.31. The van der Waals surface area contributed by atoms with Crippen molar-refractivity contribution in [2.45, 2.75) is 19.4 Å². The summed E-state index contributed by atoms with van der Waals surface area (Å²) in [6.07, 6.45) is 5.36. The van der Waals surface area contributed by atoms with E-state index in [-0.39, 0.29) is 5.02 Å². The molecule has 1 aliphatic heterocycles. The number of rotatable bonds is 2. The third-order valence-corrected chi connectivity index (χ3v) is 4.63. The number of fused-ring (bicyclic) bond motifs is 1. The maximum absolute atomic E-state index is 13.4. The molecule has 0 aliphatic carbocycles. The van der Waals surface area contributed by atoms with E-state index in [4.69, 9.17) is 16.0 Å². The molecule has 7 heteroatoms. The van der Waals surface area contributed by atoms with Crippen molar-refractivity contribution in [2.24, 2.45) is 7.05 Å². The summed E-state index contributed by atoms with van der Waals surface area (Å²) in [5.74, 6) is 1.68. The van der Waals surface area contributed by atoms with Crippen LogP contribution in [0, 0.1) is 5.82 Å². The van der Waals surface area contributed by atoms with Gasteiger partial charge in [0.25, 0.3) is 0 Å². The Morgan fingerprint density at radius 1 is 1.36 bits per heavy atom. The second kappa shape index (κ2) is 6.44. The van der Waals surface area contributed by atoms with Gasteiger partial charge in [-0.1, -0.05) is 11.6 Å². The van der Waals surface area contributed by atoms with E-state index in [1.54, 1.807) is 18.3 Å². The maximum Gasteiger partial charge on any atom is 0.386 e. The van der Waals surface area contributed by atoms with Gasteiger partial charge in [0.2, 0.25) is 0 Å². The van der Waals surface area contributed by atoms with Gasteiger partial charge >= 0.3 is 11.7 Å². The first-order valence-electron chi connectivity index (χ1n) is 8.11. The molecule has 3 heterocycles. The van der Waals surface area contributed by atoms with Crippen LogP contribution in [0.5, 0.6) is 0 Å². The number of halogens is 2. The Labute approximate surface area is 149 Å². The Bertz CT molecular complexity index is 927. The second-order valence-electron chi connectivity index (χ2n) is 6.07. The van der Waals surface area contributed by atoms with Crippen molar-refractivity contribution in [1.82, 2.24) is 9.97 Å². The summed E-state index contributed by atoms with van der Waals surface area (Å²) in [5.41, 5.74) is 1.77. The molecule has 0 saturated heterocycles. The molecule has 0 N–H and O–H groups in total. The van der Waals surface area contributed by atoms with Crippen molar-refractivity contribution in [3.63, 3.8) is 0 Å². The molecular weight excluding hydrogens is 343 g/mol. The molecule has 0 amide bonds. The highest BCUT2D eigenvalue weighted by atomic mass is 35.5. The highest BCUT2D eigenvalue weighted by Crippen LogP contribution is 2.28. The molecule has 0 spiro atoms. The van der Waals surface area contributed by atoms with Crippen molar-refractivity contribution in [2.75, 3.05) is 11.4 Å². The fourth-order valence-electron chi connectivity index (χ4n) is 3.04. The smallest absolute Gasteiger partial charge is 0.386 e. The first kappa shape index (κ1) is 16.0. The van der Waals surface area contributed by atoms with E-state index in [9.17, 15) is 4.39 Å². The number of hydrogen-bond donors (Lipinski definition) is 0. The number of nitrogens with zero attached hydrogens (tertiary/aromatic N) is 4. The molecule has 0 fully saturated rings. The number of hydrogen-bond acceptors (Lipinski definition) is 4. The third kappa shape index (κ3) is 3.09. The van der Waals surface area contributed by atoms with Crippen LogP contribution < -0.4 is 9.47 Å². The van der Waals surface area contributed by atoms with Gasteiger partial charge in [0, 0.05) is 24.7 Å². The Morgan fingerprint density at radius 2 is 2.24 bits per heavy atom. The largest absolute Gasteiger partial charge is 0.435 e. The van der Waals surface area contributed by atoms with Gasteiger partial charge in [0.15, 0.2) is 0 Å².